The van der Waals surface area contributed by atoms with E-state index in [-0.39, 0.29) is 17.5 Å². The molecule has 0 aliphatic carbocycles. The summed E-state index contributed by atoms with van der Waals surface area (Å²) >= 11 is 0. The Bertz CT molecular complexity index is 594. The van der Waals surface area contributed by atoms with E-state index in [0.29, 0.717) is 18.1 Å². The summed E-state index contributed by atoms with van der Waals surface area (Å²) < 4.78 is 43.3. The average Bonchev–Trinajstić information content (AvgIpc) is 2.98. The molecular weight excluding hydrogens is 294 g/mol. The molecule has 1 N–H and O–H groups in total. The molecule has 7 heteroatoms. The second-order valence-electron chi connectivity index (χ2n) is 4.96. The van der Waals surface area contributed by atoms with E-state index >= 15 is 0 Å². The van der Waals surface area contributed by atoms with Crippen LogP contribution in [0.4, 0.5) is 0 Å². The van der Waals surface area contributed by atoms with E-state index in [0.717, 1.165) is 18.4 Å². The molecule has 1 aromatic rings. The first kappa shape index (κ1) is 16.1. The predicted octanol–water partition coefficient (Wildman–Crippen LogP) is 1.47. The molecule has 1 aliphatic rings. The number of sulfonamides is 1. The highest BCUT2D eigenvalue weighted by atomic mass is 32.2. The van der Waals surface area contributed by atoms with Crippen molar-refractivity contribution in [1.29, 1.82) is 0 Å². The van der Waals surface area contributed by atoms with Crippen molar-refractivity contribution in [2.75, 3.05) is 27.4 Å². The molecule has 1 aliphatic heterocycles. The number of nitrogens with one attached hydrogen (secondary N) is 1. The minimum Gasteiger partial charge on any atom is -0.496 e. The van der Waals surface area contributed by atoms with Gasteiger partial charge in [0.15, 0.2) is 0 Å². The third-order valence-corrected chi connectivity index (χ3v) is 4.94. The van der Waals surface area contributed by atoms with E-state index in [4.69, 9.17) is 14.2 Å². The maximum atomic E-state index is 12.4. The summed E-state index contributed by atoms with van der Waals surface area (Å²) in [5, 5.41) is 0. The fourth-order valence-electron chi connectivity index (χ4n) is 2.32. The molecule has 0 spiro atoms. The quantitative estimate of drug-likeness (QED) is 0.860. The Balaban J connectivity index is 2.25. The van der Waals surface area contributed by atoms with Gasteiger partial charge < -0.3 is 14.2 Å². The first-order chi connectivity index (χ1) is 9.97. The Hall–Kier alpha value is -1.31. The maximum absolute atomic E-state index is 12.4. The van der Waals surface area contributed by atoms with Crippen molar-refractivity contribution in [1.82, 2.24) is 4.72 Å². The van der Waals surface area contributed by atoms with Gasteiger partial charge in [0.2, 0.25) is 10.0 Å². The molecule has 1 aromatic carbocycles. The second kappa shape index (κ2) is 6.64. The molecule has 118 valence electrons. The monoisotopic (exact) mass is 315 g/mol. The first-order valence-electron chi connectivity index (χ1n) is 6.82. The Morgan fingerprint density at radius 1 is 1.29 bits per heavy atom. The molecule has 0 unspecified atom stereocenters. The molecule has 2 rings (SSSR count). The SMILES string of the molecule is COc1cc(S(=O)(=O)NC[C@H]2CCCO2)c(OC)cc1C. The van der Waals surface area contributed by atoms with Crippen molar-refractivity contribution >= 4 is 10.0 Å². The molecule has 1 fully saturated rings. The topological polar surface area (TPSA) is 73.9 Å². The summed E-state index contributed by atoms with van der Waals surface area (Å²) in [6.07, 6.45) is 1.78. The van der Waals surface area contributed by atoms with Gasteiger partial charge >= 0.3 is 0 Å². The van der Waals surface area contributed by atoms with Crippen LogP contribution >= 0.6 is 0 Å². The van der Waals surface area contributed by atoms with Crippen LogP contribution in [0.5, 0.6) is 11.5 Å². The first-order valence-corrected chi connectivity index (χ1v) is 8.30. The lowest BCUT2D eigenvalue weighted by molar-refractivity contribution is 0.114. The third kappa shape index (κ3) is 3.66. The van der Waals surface area contributed by atoms with Gasteiger partial charge in [-0.2, -0.15) is 0 Å². The summed E-state index contributed by atoms with van der Waals surface area (Å²) in [5.74, 6) is 0.807. The number of methoxy groups -OCH3 is 2. The van der Waals surface area contributed by atoms with E-state index in [2.05, 4.69) is 4.72 Å². The number of hydrogen-bond donors (Lipinski definition) is 1. The van der Waals surface area contributed by atoms with Crippen LogP contribution in [0.3, 0.4) is 0 Å². The molecule has 1 atom stereocenters. The van der Waals surface area contributed by atoms with Crippen molar-refractivity contribution < 1.29 is 22.6 Å². The van der Waals surface area contributed by atoms with Crippen LogP contribution in [0.2, 0.25) is 0 Å². The summed E-state index contributed by atoms with van der Waals surface area (Å²) in [4.78, 5) is 0.0745. The molecule has 1 saturated heterocycles. The zero-order valence-electron chi connectivity index (χ0n) is 12.5. The van der Waals surface area contributed by atoms with Crippen molar-refractivity contribution in [3.8, 4) is 11.5 Å². The molecule has 21 heavy (non-hydrogen) atoms. The van der Waals surface area contributed by atoms with E-state index in [9.17, 15) is 8.42 Å². The number of hydrogen-bond acceptors (Lipinski definition) is 5. The summed E-state index contributed by atoms with van der Waals surface area (Å²) in [6, 6.07) is 3.13. The Labute approximate surface area is 125 Å². The highest BCUT2D eigenvalue weighted by Crippen LogP contribution is 2.31. The van der Waals surface area contributed by atoms with Crippen molar-refractivity contribution in [2.45, 2.75) is 30.8 Å². The number of aryl methyl sites for hydroxylation is 1. The second-order valence-corrected chi connectivity index (χ2v) is 6.69. The molecule has 0 bridgehead atoms. The number of rotatable bonds is 6. The van der Waals surface area contributed by atoms with E-state index in [1.807, 2.05) is 6.92 Å². The van der Waals surface area contributed by atoms with Gasteiger partial charge in [0.25, 0.3) is 0 Å². The largest absolute Gasteiger partial charge is 0.496 e. The van der Waals surface area contributed by atoms with Gasteiger partial charge in [-0.05, 0) is 31.4 Å². The molecule has 0 amide bonds. The van der Waals surface area contributed by atoms with Gasteiger partial charge in [0.05, 0.1) is 20.3 Å². The molecular formula is C14H21NO5S. The van der Waals surface area contributed by atoms with Gasteiger partial charge in [0, 0.05) is 19.2 Å². The van der Waals surface area contributed by atoms with Crippen LogP contribution in [0.25, 0.3) is 0 Å². The zero-order valence-corrected chi connectivity index (χ0v) is 13.3. The molecule has 0 saturated carbocycles. The lowest BCUT2D eigenvalue weighted by Crippen LogP contribution is -2.32. The normalized spacial score (nSPS) is 18.7. The minimum absolute atomic E-state index is 0.0573. The standard InChI is InChI=1S/C14H21NO5S/c1-10-7-13(19-3)14(8-12(10)18-2)21(16,17)15-9-11-5-4-6-20-11/h7-8,11,15H,4-6,9H2,1-3H3/t11-/m1/s1. The van der Waals surface area contributed by atoms with Crippen LogP contribution in [0, 0.1) is 6.92 Å². The molecule has 0 aromatic heterocycles. The fraction of sp³-hybridized carbons (Fsp3) is 0.571. The van der Waals surface area contributed by atoms with Crippen molar-refractivity contribution in [3.63, 3.8) is 0 Å². The third-order valence-electron chi connectivity index (χ3n) is 3.50. The lowest BCUT2D eigenvalue weighted by Gasteiger charge is -2.15. The molecule has 6 nitrogen and oxygen atoms in total. The van der Waals surface area contributed by atoms with E-state index < -0.39 is 10.0 Å². The maximum Gasteiger partial charge on any atom is 0.244 e. The summed E-state index contributed by atoms with van der Waals surface area (Å²) in [5.41, 5.74) is 0.812. The number of benzene rings is 1. The van der Waals surface area contributed by atoms with E-state index in [1.54, 1.807) is 6.07 Å². The predicted molar refractivity (Wildman–Crippen MR) is 78.4 cm³/mol. The fourth-order valence-corrected chi connectivity index (χ4v) is 3.55. The number of ether oxygens (including phenoxy) is 3. The Morgan fingerprint density at radius 2 is 2.00 bits per heavy atom. The van der Waals surface area contributed by atoms with Crippen LogP contribution in [-0.4, -0.2) is 41.9 Å². The van der Waals surface area contributed by atoms with Crippen LogP contribution < -0.4 is 14.2 Å². The minimum atomic E-state index is -3.67. The smallest absolute Gasteiger partial charge is 0.244 e. The molecule has 1 heterocycles. The zero-order chi connectivity index (χ0) is 15.5. The van der Waals surface area contributed by atoms with Gasteiger partial charge in [-0.3, -0.25) is 0 Å². The van der Waals surface area contributed by atoms with Crippen molar-refractivity contribution in [2.24, 2.45) is 0 Å². The lowest BCUT2D eigenvalue weighted by atomic mass is 10.2. The Kier molecular flexibility index (Phi) is 5.08. The van der Waals surface area contributed by atoms with E-state index in [1.165, 1.54) is 20.3 Å². The van der Waals surface area contributed by atoms with Crippen LogP contribution in [0.15, 0.2) is 17.0 Å². The highest BCUT2D eigenvalue weighted by molar-refractivity contribution is 7.89. The van der Waals surface area contributed by atoms with Crippen molar-refractivity contribution in [3.05, 3.63) is 17.7 Å². The van der Waals surface area contributed by atoms with Crippen LogP contribution in [0.1, 0.15) is 18.4 Å². The molecule has 0 radical (unpaired) electrons. The van der Waals surface area contributed by atoms with Crippen LogP contribution in [-0.2, 0) is 14.8 Å². The van der Waals surface area contributed by atoms with Gasteiger partial charge in [-0.15, -0.1) is 0 Å². The van der Waals surface area contributed by atoms with Gasteiger partial charge in [-0.25, -0.2) is 13.1 Å². The highest BCUT2D eigenvalue weighted by Gasteiger charge is 2.24. The van der Waals surface area contributed by atoms with Gasteiger partial charge in [-0.1, -0.05) is 0 Å². The summed E-state index contributed by atoms with van der Waals surface area (Å²) in [7, 11) is -0.725. The summed E-state index contributed by atoms with van der Waals surface area (Å²) in [6.45, 7) is 2.79. The average molecular weight is 315 g/mol. The Morgan fingerprint density at radius 3 is 2.57 bits per heavy atom. The van der Waals surface area contributed by atoms with Gasteiger partial charge in [0.1, 0.15) is 16.4 Å².